The van der Waals surface area contributed by atoms with Crippen molar-refractivity contribution in [2.24, 2.45) is 0 Å². The molecule has 0 fully saturated rings. The van der Waals surface area contributed by atoms with Crippen molar-refractivity contribution in [3.63, 3.8) is 0 Å². The van der Waals surface area contributed by atoms with E-state index in [0.717, 1.165) is 12.3 Å². The van der Waals surface area contributed by atoms with E-state index in [2.05, 4.69) is 45.1 Å². The second-order valence-electron chi connectivity index (χ2n) is 5.31. The number of nitrogens with one attached hydrogen (secondary N) is 1. The highest BCUT2D eigenvalue weighted by Crippen LogP contribution is 2.19. The molecule has 1 aromatic carbocycles. The van der Waals surface area contributed by atoms with Gasteiger partial charge in [0.05, 0.1) is 7.11 Å². The maximum absolute atomic E-state index is 5.15. The Morgan fingerprint density at radius 1 is 1.19 bits per heavy atom. The standard InChI is InChI=1S/C14H23NO/c1-11(10-15-14(2,3)4)12-6-8-13(16-5)9-7-12/h6-9,11,15H,10H2,1-5H3. The second kappa shape index (κ2) is 5.35. The highest BCUT2D eigenvalue weighted by molar-refractivity contribution is 5.29. The summed E-state index contributed by atoms with van der Waals surface area (Å²) in [4.78, 5) is 0. The predicted molar refractivity (Wildman–Crippen MR) is 69.2 cm³/mol. The lowest BCUT2D eigenvalue weighted by molar-refractivity contribution is 0.409. The smallest absolute Gasteiger partial charge is 0.118 e. The molecule has 1 atom stereocenters. The third-order valence-electron chi connectivity index (χ3n) is 2.62. The summed E-state index contributed by atoms with van der Waals surface area (Å²) in [6.45, 7) is 9.80. The first-order chi connectivity index (χ1) is 7.42. The Balaban J connectivity index is 2.56. The van der Waals surface area contributed by atoms with Crippen LogP contribution >= 0.6 is 0 Å². The average molecular weight is 221 g/mol. The van der Waals surface area contributed by atoms with Gasteiger partial charge in [0.15, 0.2) is 0 Å². The Hall–Kier alpha value is -1.02. The molecule has 0 heterocycles. The zero-order valence-electron chi connectivity index (χ0n) is 11.0. The van der Waals surface area contributed by atoms with Crippen LogP contribution in [0.25, 0.3) is 0 Å². The van der Waals surface area contributed by atoms with Crippen LogP contribution < -0.4 is 10.1 Å². The van der Waals surface area contributed by atoms with Crippen molar-refractivity contribution in [2.75, 3.05) is 13.7 Å². The van der Waals surface area contributed by atoms with Gasteiger partial charge < -0.3 is 10.1 Å². The third kappa shape index (κ3) is 4.23. The number of benzene rings is 1. The van der Waals surface area contributed by atoms with E-state index in [-0.39, 0.29) is 5.54 Å². The summed E-state index contributed by atoms with van der Waals surface area (Å²) in [6.07, 6.45) is 0. The van der Waals surface area contributed by atoms with Gasteiger partial charge in [-0.1, -0.05) is 19.1 Å². The zero-order chi connectivity index (χ0) is 12.2. The van der Waals surface area contributed by atoms with Gasteiger partial charge in [-0.2, -0.15) is 0 Å². The minimum atomic E-state index is 0.181. The quantitative estimate of drug-likeness (QED) is 0.843. The number of hydrogen-bond acceptors (Lipinski definition) is 2. The van der Waals surface area contributed by atoms with Crippen molar-refractivity contribution in [1.29, 1.82) is 0 Å². The minimum absolute atomic E-state index is 0.181. The van der Waals surface area contributed by atoms with Gasteiger partial charge in [-0.05, 0) is 44.4 Å². The van der Waals surface area contributed by atoms with Crippen LogP contribution in [0.4, 0.5) is 0 Å². The normalized spacial score (nSPS) is 13.6. The van der Waals surface area contributed by atoms with Crippen LogP contribution in [-0.4, -0.2) is 19.2 Å². The molecule has 16 heavy (non-hydrogen) atoms. The van der Waals surface area contributed by atoms with Crippen molar-refractivity contribution < 1.29 is 4.74 Å². The lowest BCUT2D eigenvalue weighted by atomic mass is 9.99. The molecule has 0 saturated carbocycles. The van der Waals surface area contributed by atoms with Crippen LogP contribution in [0.3, 0.4) is 0 Å². The van der Waals surface area contributed by atoms with E-state index in [4.69, 9.17) is 4.74 Å². The summed E-state index contributed by atoms with van der Waals surface area (Å²) in [5.74, 6) is 1.44. The first-order valence-corrected chi connectivity index (χ1v) is 5.81. The molecule has 0 aliphatic carbocycles. The Kier molecular flexibility index (Phi) is 4.36. The molecule has 90 valence electrons. The van der Waals surface area contributed by atoms with E-state index < -0.39 is 0 Å². The highest BCUT2D eigenvalue weighted by atomic mass is 16.5. The molecule has 1 unspecified atom stereocenters. The van der Waals surface area contributed by atoms with Gasteiger partial charge in [0.2, 0.25) is 0 Å². The molecule has 0 aromatic heterocycles. The zero-order valence-corrected chi connectivity index (χ0v) is 11.0. The van der Waals surface area contributed by atoms with Crippen LogP contribution in [0.2, 0.25) is 0 Å². The van der Waals surface area contributed by atoms with Crippen molar-refractivity contribution in [1.82, 2.24) is 5.32 Å². The van der Waals surface area contributed by atoms with E-state index in [0.29, 0.717) is 5.92 Å². The van der Waals surface area contributed by atoms with Crippen molar-refractivity contribution >= 4 is 0 Å². The molecular weight excluding hydrogens is 198 g/mol. The second-order valence-corrected chi connectivity index (χ2v) is 5.31. The summed E-state index contributed by atoms with van der Waals surface area (Å²) in [5.41, 5.74) is 1.53. The van der Waals surface area contributed by atoms with Gasteiger partial charge in [0, 0.05) is 12.1 Å². The first-order valence-electron chi connectivity index (χ1n) is 5.81. The Bertz CT molecular complexity index is 311. The third-order valence-corrected chi connectivity index (χ3v) is 2.62. The molecule has 0 spiro atoms. The van der Waals surface area contributed by atoms with Gasteiger partial charge in [0.25, 0.3) is 0 Å². The van der Waals surface area contributed by atoms with Gasteiger partial charge in [0.1, 0.15) is 5.75 Å². The molecule has 1 aromatic rings. The Labute approximate surface area is 99.0 Å². The van der Waals surface area contributed by atoms with Crippen molar-refractivity contribution in [3.05, 3.63) is 29.8 Å². The molecule has 0 aliphatic rings. The maximum atomic E-state index is 5.15. The van der Waals surface area contributed by atoms with Crippen LogP contribution in [0.5, 0.6) is 5.75 Å². The molecule has 1 N–H and O–H groups in total. The molecule has 0 bridgehead atoms. The largest absolute Gasteiger partial charge is 0.497 e. The minimum Gasteiger partial charge on any atom is -0.497 e. The molecule has 0 saturated heterocycles. The van der Waals surface area contributed by atoms with Gasteiger partial charge in [-0.25, -0.2) is 0 Å². The summed E-state index contributed by atoms with van der Waals surface area (Å²) in [7, 11) is 1.69. The number of ether oxygens (including phenoxy) is 1. The summed E-state index contributed by atoms with van der Waals surface area (Å²) >= 11 is 0. The van der Waals surface area contributed by atoms with E-state index in [1.54, 1.807) is 7.11 Å². The average Bonchev–Trinajstić information content (AvgIpc) is 2.25. The van der Waals surface area contributed by atoms with Gasteiger partial charge in [-0.15, -0.1) is 0 Å². The molecule has 0 radical (unpaired) electrons. The molecule has 2 heteroatoms. The molecular formula is C14H23NO. The lowest BCUT2D eigenvalue weighted by Crippen LogP contribution is -2.38. The highest BCUT2D eigenvalue weighted by Gasteiger charge is 2.12. The number of rotatable bonds is 4. The molecule has 0 amide bonds. The fourth-order valence-corrected chi connectivity index (χ4v) is 1.51. The topological polar surface area (TPSA) is 21.3 Å². The maximum Gasteiger partial charge on any atom is 0.118 e. The van der Waals surface area contributed by atoms with E-state index in [1.165, 1.54) is 5.56 Å². The number of methoxy groups -OCH3 is 1. The van der Waals surface area contributed by atoms with E-state index in [9.17, 15) is 0 Å². The predicted octanol–water partition coefficient (Wildman–Crippen LogP) is 3.19. The molecule has 0 aliphatic heterocycles. The summed E-state index contributed by atoms with van der Waals surface area (Å²) in [5, 5.41) is 3.52. The van der Waals surface area contributed by atoms with Crippen LogP contribution in [0.1, 0.15) is 39.2 Å². The van der Waals surface area contributed by atoms with E-state index >= 15 is 0 Å². The number of hydrogen-bond donors (Lipinski definition) is 1. The Morgan fingerprint density at radius 2 is 1.75 bits per heavy atom. The van der Waals surface area contributed by atoms with Crippen LogP contribution in [-0.2, 0) is 0 Å². The van der Waals surface area contributed by atoms with Gasteiger partial charge in [-0.3, -0.25) is 0 Å². The van der Waals surface area contributed by atoms with Crippen LogP contribution in [0, 0.1) is 0 Å². The van der Waals surface area contributed by atoms with E-state index in [1.807, 2.05) is 12.1 Å². The van der Waals surface area contributed by atoms with Gasteiger partial charge >= 0.3 is 0 Å². The van der Waals surface area contributed by atoms with Crippen molar-refractivity contribution in [3.8, 4) is 5.75 Å². The monoisotopic (exact) mass is 221 g/mol. The fraction of sp³-hybridized carbons (Fsp3) is 0.571. The summed E-state index contributed by atoms with van der Waals surface area (Å²) < 4.78 is 5.15. The molecule has 2 nitrogen and oxygen atoms in total. The Morgan fingerprint density at radius 3 is 2.19 bits per heavy atom. The first kappa shape index (κ1) is 13.0. The fourth-order valence-electron chi connectivity index (χ4n) is 1.51. The molecule has 1 rings (SSSR count). The van der Waals surface area contributed by atoms with Crippen LogP contribution in [0.15, 0.2) is 24.3 Å². The summed E-state index contributed by atoms with van der Waals surface area (Å²) in [6, 6.07) is 8.30. The lowest BCUT2D eigenvalue weighted by Gasteiger charge is -2.23. The SMILES string of the molecule is COc1ccc(C(C)CNC(C)(C)C)cc1. The van der Waals surface area contributed by atoms with Crippen molar-refractivity contribution in [2.45, 2.75) is 39.2 Å².